The Labute approximate surface area is 164 Å². The molecule has 1 atom stereocenters. The summed E-state index contributed by atoms with van der Waals surface area (Å²) in [5, 5.41) is 10.4. The van der Waals surface area contributed by atoms with Crippen LogP contribution in [0, 0.1) is 0 Å². The normalized spacial score (nSPS) is 12.8. The zero-order chi connectivity index (χ0) is 20.3. The fourth-order valence-electron chi connectivity index (χ4n) is 3.42. The summed E-state index contributed by atoms with van der Waals surface area (Å²) in [5.41, 5.74) is 2.98. The number of rotatable bonds is 6. The van der Waals surface area contributed by atoms with Crippen molar-refractivity contribution in [2.24, 2.45) is 7.05 Å². The Hall–Kier alpha value is -3.34. The predicted molar refractivity (Wildman–Crippen MR) is 110 cm³/mol. The van der Waals surface area contributed by atoms with Gasteiger partial charge < -0.3 is 14.6 Å². The molecule has 1 aromatic heterocycles. The van der Waals surface area contributed by atoms with Crippen molar-refractivity contribution in [1.29, 1.82) is 0 Å². The number of aryl methyl sites for hydroxylation is 1. The first kappa shape index (κ1) is 19.4. The molecule has 1 amide bonds. The Bertz CT molecular complexity index is 1030. The molecule has 0 aliphatic heterocycles. The van der Waals surface area contributed by atoms with E-state index in [-0.39, 0.29) is 17.5 Å². The van der Waals surface area contributed by atoms with E-state index in [9.17, 15) is 14.7 Å². The Morgan fingerprint density at radius 2 is 1.75 bits per heavy atom. The van der Waals surface area contributed by atoms with Crippen molar-refractivity contribution in [3.63, 3.8) is 0 Å². The molecule has 144 valence electrons. The van der Waals surface area contributed by atoms with E-state index in [0.717, 1.165) is 16.5 Å². The molecule has 0 unspecified atom stereocenters. The van der Waals surface area contributed by atoms with Gasteiger partial charge in [0.1, 0.15) is 0 Å². The highest BCUT2D eigenvalue weighted by Crippen LogP contribution is 2.24. The number of nitrogens with zero attached hydrogens (tertiary/aromatic N) is 2. The second-order valence-corrected chi connectivity index (χ2v) is 6.99. The topological polar surface area (TPSA) is 62.5 Å². The number of carbonyl (C=O) groups excluding carboxylic acids is 1. The van der Waals surface area contributed by atoms with Gasteiger partial charge in [-0.15, -0.1) is 0 Å². The first-order chi connectivity index (χ1) is 13.4. The molecule has 1 N–H and O–H groups in total. The lowest BCUT2D eigenvalue weighted by Crippen LogP contribution is -2.37. The fraction of sp³-hybridized carbons (Fsp3) is 0.217. The third-order valence-corrected chi connectivity index (χ3v) is 5.03. The highest BCUT2D eigenvalue weighted by Gasteiger charge is 2.22. The molecule has 0 aliphatic carbocycles. The Balaban J connectivity index is 1.98. The van der Waals surface area contributed by atoms with Gasteiger partial charge in [0.25, 0.3) is 5.91 Å². The maximum Gasteiger partial charge on any atom is 0.331 e. The minimum Gasteiger partial charge on any atom is -0.478 e. The molecule has 0 saturated carbocycles. The summed E-state index contributed by atoms with van der Waals surface area (Å²) in [7, 11) is 3.70. The third kappa shape index (κ3) is 3.98. The van der Waals surface area contributed by atoms with Gasteiger partial charge in [0.15, 0.2) is 0 Å². The summed E-state index contributed by atoms with van der Waals surface area (Å²) in [6.45, 7) is 1.55. The number of benzene rings is 2. The van der Waals surface area contributed by atoms with Crippen molar-refractivity contribution in [2.75, 3.05) is 7.05 Å². The van der Waals surface area contributed by atoms with E-state index in [1.54, 1.807) is 37.1 Å². The molecule has 0 spiro atoms. The summed E-state index contributed by atoms with van der Waals surface area (Å²) in [4.78, 5) is 25.9. The minimum absolute atomic E-state index is 0.139. The van der Waals surface area contributed by atoms with Crippen LogP contribution in [0.15, 0.2) is 72.4 Å². The SMILES string of the molecule is CC(=C[C@@H](Cc1cn(C)c2ccccc12)N(C)C(=O)c1ccccc1)C(=O)O. The van der Waals surface area contributed by atoms with Crippen molar-refractivity contribution < 1.29 is 14.7 Å². The van der Waals surface area contributed by atoms with Crippen molar-refractivity contribution >= 4 is 22.8 Å². The number of aliphatic carboxylic acids is 1. The number of hydrogen-bond donors (Lipinski definition) is 1. The van der Waals surface area contributed by atoms with Crippen molar-refractivity contribution in [3.8, 4) is 0 Å². The molecule has 1 heterocycles. The molecule has 3 aromatic rings. The van der Waals surface area contributed by atoms with Crippen molar-refractivity contribution in [2.45, 2.75) is 19.4 Å². The van der Waals surface area contributed by atoms with Gasteiger partial charge in [-0.1, -0.05) is 42.5 Å². The summed E-state index contributed by atoms with van der Waals surface area (Å²) in [5.74, 6) is -1.12. The Kier molecular flexibility index (Phi) is 5.64. The number of fused-ring (bicyclic) bond motifs is 1. The van der Waals surface area contributed by atoms with Crippen LogP contribution in [-0.4, -0.2) is 39.5 Å². The average molecular weight is 376 g/mol. The molecule has 28 heavy (non-hydrogen) atoms. The van der Waals surface area contributed by atoms with Gasteiger partial charge in [0.2, 0.25) is 0 Å². The summed E-state index contributed by atoms with van der Waals surface area (Å²) < 4.78 is 2.05. The molecular weight excluding hydrogens is 352 g/mol. The van der Waals surface area contributed by atoms with Gasteiger partial charge in [0.05, 0.1) is 6.04 Å². The van der Waals surface area contributed by atoms with Crippen LogP contribution >= 0.6 is 0 Å². The lowest BCUT2D eigenvalue weighted by atomic mass is 10.0. The number of hydrogen-bond acceptors (Lipinski definition) is 2. The van der Waals surface area contributed by atoms with Gasteiger partial charge in [-0.05, 0) is 37.1 Å². The lowest BCUT2D eigenvalue weighted by Gasteiger charge is -2.26. The average Bonchev–Trinajstić information content (AvgIpc) is 3.02. The zero-order valence-corrected chi connectivity index (χ0v) is 16.3. The van der Waals surface area contributed by atoms with Crippen molar-refractivity contribution in [1.82, 2.24) is 9.47 Å². The molecule has 0 fully saturated rings. The van der Waals surface area contributed by atoms with Gasteiger partial charge in [-0.3, -0.25) is 4.79 Å². The van der Waals surface area contributed by atoms with Gasteiger partial charge in [-0.2, -0.15) is 0 Å². The maximum atomic E-state index is 12.9. The second kappa shape index (κ2) is 8.13. The molecule has 5 heteroatoms. The van der Waals surface area contributed by atoms with E-state index >= 15 is 0 Å². The maximum absolute atomic E-state index is 12.9. The standard InChI is InChI=1S/C23H24N2O3/c1-16(23(27)28)13-19(25(3)22(26)17-9-5-4-6-10-17)14-18-15-24(2)21-12-8-7-11-20(18)21/h4-13,15,19H,14H2,1-3H3,(H,27,28)/t19-/m0/s1. The number of amides is 1. The van der Waals surface area contributed by atoms with Gasteiger partial charge in [-0.25, -0.2) is 4.79 Å². The van der Waals surface area contributed by atoms with Gasteiger partial charge in [0, 0.05) is 42.3 Å². The highest BCUT2D eigenvalue weighted by atomic mass is 16.4. The van der Waals surface area contributed by atoms with E-state index in [2.05, 4.69) is 10.6 Å². The third-order valence-electron chi connectivity index (χ3n) is 5.03. The number of carbonyl (C=O) groups is 2. The van der Waals surface area contributed by atoms with Crippen LogP contribution in [0.2, 0.25) is 0 Å². The first-order valence-corrected chi connectivity index (χ1v) is 9.15. The Morgan fingerprint density at radius 3 is 2.43 bits per heavy atom. The van der Waals surface area contributed by atoms with Crippen LogP contribution in [0.3, 0.4) is 0 Å². The lowest BCUT2D eigenvalue weighted by molar-refractivity contribution is -0.132. The van der Waals surface area contributed by atoms with E-state index in [1.807, 2.05) is 49.6 Å². The molecule has 5 nitrogen and oxygen atoms in total. The van der Waals surface area contributed by atoms with Gasteiger partial charge >= 0.3 is 5.97 Å². The highest BCUT2D eigenvalue weighted by molar-refractivity contribution is 5.94. The molecular formula is C23H24N2O3. The summed E-state index contributed by atoms with van der Waals surface area (Å²) in [6, 6.07) is 16.7. The second-order valence-electron chi connectivity index (χ2n) is 6.99. The number of carboxylic acid groups (broad SMARTS) is 1. The minimum atomic E-state index is -0.983. The van der Waals surface area contributed by atoms with E-state index < -0.39 is 5.97 Å². The molecule has 0 aliphatic rings. The Morgan fingerprint density at radius 1 is 1.11 bits per heavy atom. The smallest absolute Gasteiger partial charge is 0.331 e. The van der Waals surface area contributed by atoms with Crippen LogP contribution in [-0.2, 0) is 18.3 Å². The molecule has 0 saturated heterocycles. The van der Waals surface area contributed by atoms with Crippen LogP contribution in [0.5, 0.6) is 0 Å². The van der Waals surface area contributed by atoms with E-state index in [4.69, 9.17) is 0 Å². The quantitative estimate of drug-likeness (QED) is 0.664. The summed E-state index contributed by atoms with van der Waals surface area (Å²) in [6.07, 6.45) is 4.23. The van der Waals surface area contributed by atoms with Crippen LogP contribution in [0.1, 0.15) is 22.8 Å². The van der Waals surface area contributed by atoms with E-state index in [1.165, 1.54) is 0 Å². The largest absolute Gasteiger partial charge is 0.478 e. The number of likely N-dealkylation sites (N-methyl/N-ethyl adjacent to an activating group) is 1. The van der Waals surface area contributed by atoms with Crippen LogP contribution in [0.25, 0.3) is 10.9 Å². The molecule has 2 aromatic carbocycles. The van der Waals surface area contributed by atoms with Crippen molar-refractivity contribution in [3.05, 3.63) is 83.6 Å². The van der Waals surface area contributed by atoms with Crippen LogP contribution in [0.4, 0.5) is 0 Å². The zero-order valence-electron chi connectivity index (χ0n) is 16.3. The number of aromatic nitrogens is 1. The molecule has 3 rings (SSSR count). The molecule has 0 bridgehead atoms. The number of carboxylic acids is 1. The molecule has 0 radical (unpaired) electrons. The van der Waals surface area contributed by atoms with Crippen LogP contribution < -0.4 is 0 Å². The summed E-state index contributed by atoms with van der Waals surface area (Å²) >= 11 is 0. The first-order valence-electron chi connectivity index (χ1n) is 9.15. The number of para-hydroxylation sites is 1. The van der Waals surface area contributed by atoms with E-state index in [0.29, 0.717) is 12.0 Å². The fourth-order valence-corrected chi connectivity index (χ4v) is 3.42. The monoisotopic (exact) mass is 376 g/mol. The predicted octanol–water partition coefficient (Wildman–Crippen LogP) is 3.89.